The van der Waals surface area contributed by atoms with E-state index in [2.05, 4.69) is 15.1 Å². The van der Waals surface area contributed by atoms with Crippen molar-refractivity contribution >= 4 is 11.0 Å². The molecule has 0 aliphatic heterocycles. The van der Waals surface area contributed by atoms with E-state index >= 15 is 0 Å². The molecule has 3 rings (SSSR count). The molecule has 2 heterocycles. The van der Waals surface area contributed by atoms with Crippen LogP contribution in [-0.2, 0) is 12.7 Å². The molecule has 3 aromatic rings. The number of H-pyrrole nitrogens is 1. The zero-order valence-corrected chi connectivity index (χ0v) is 10.6. The molecule has 0 radical (unpaired) electrons. The molecule has 0 unspecified atom stereocenters. The molecule has 4 nitrogen and oxygen atoms in total. The van der Waals surface area contributed by atoms with Gasteiger partial charge in [0.2, 0.25) is 0 Å². The molecule has 0 aliphatic rings. The second kappa shape index (κ2) is 4.36. The molecule has 1 aromatic carbocycles. The van der Waals surface area contributed by atoms with Crippen LogP contribution < -0.4 is 0 Å². The first-order valence-electron chi connectivity index (χ1n) is 6.08. The van der Waals surface area contributed by atoms with E-state index in [4.69, 9.17) is 0 Å². The summed E-state index contributed by atoms with van der Waals surface area (Å²) in [6, 6.07) is 5.24. The Morgan fingerprint density at radius 3 is 2.75 bits per heavy atom. The Morgan fingerprint density at radius 2 is 2.05 bits per heavy atom. The minimum Gasteiger partial charge on any atom is -0.337 e. The average Bonchev–Trinajstić information content (AvgIpc) is 3.02. The summed E-state index contributed by atoms with van der Waals surface area (Å²) in [5.74, 6) is 0.513. The number of nitrogens with one attached hydrogen (secondary N) is 1. The van der Waals surface area contributed by atoms with Crippen molar-refractivity contribution in [3.05, 3.63) is 36.0 Å². The first kappa shape index (κ1) is 12.7. The number of nitrogens with zero attached hydrogens (tertiary/aromatic N) is 3. The summed E-state index contributed by atoms with van der Waals surface area (Å²) in [6.45, 7) is 2.59. The van der Waals surface area contributed by atoms with E-state index in [-0.39, 0.29) is 0 Å². The van der Waals surface area contributed by atoms with Gasteiger partial charge in [0.15, 0.2) is 5.82 Å². The normalized spacial score (nSPS) is 12.2. The van der Waals surface area contributed by atoms with Crippen LogP contribution in [0.4, 0.5) is 13.2 Å². The Bertz CT molecular complexity index is 754. The Hall–Kier alpha value is -2.31. The molecule has 7 heteroatoms. The highest BCUT2D eigenvalue weighted by atomic mass is 19.4. The van der Waals surface area contributed by atoms with Crippen LogP contribution in [0.5, 0.6) is 0 Å². The van der Waals surface area contributed by atoms with Gasteiger partial charge in [-0.3, -0.25) is 4.68 Å². The standard InChI is InChI=1S/C13H11F3N4/c1-2-20-11(5-6-17-20)12-18-9-4-3-8(13(14,15)16)7-10(9)19-12/h3-7H,2H2,1H3,(H,18,19). The van der Waals surface area contributed by atoms with Crippen molar-refractivity contribution in [2.45, 2.75) is 19.6 Å². The van der Waals surface area contributed by atoms with Gasteiger partial charge in [-0.05, 0) is 31.2 Å². The number of imidazole rings is 1. The van der Waals surface area contributed by atoms with Crippen LogP contribution in [0, 0.1) is 0 Å². The number of aromatic amines is 1. The van der Waals surface area contributed by atoms with Gasteiger partial charge < -0.3 is 4.98 Å². The van der Waals surface area contributed by atoms with Crippen molar-refractivity contribution in [3.63, 3.8) is 0 Å². The minimum absolute atomic E-state index is 0.360. The first-order chi connectivity index (χ1) is 9.49. The number of fused-ring (bicyclic) bond motifs is 1. The molecule has 0 aliphatic carbocycles. The lowest BCUT2D eigenvalue weighted by Gasteiger charge is -2.05. The largest absolute Gasteiger partial charge is 0.416 e. The molecule has 0 bridgehead atoms. The van der Waals surface area contributed by atoms with Crippen molar-refractivity contribution in [1.82, 2.24) is 19.7 Å². The quantitative estimate of drug-likeness (QED) is 0.781. The van der Waals surface area contributed by atoms with E-state index in [0.717, 1.165) is 17.8 Å². The molecule has 0 saturated carbocycles. The lowest BCUT2D eigenvalue weighted by Crippen LogP contribution is -2.04. The molecular formula is C13H11F3N4. The summed E-state index contributed by atoms with van der Waals surface area (Å²) >= 11 is 0. The van der Waals surface area contributed by atoms with Gasteiger partial charge in [-0.15, -0.1) is 0 Å². The topological polar surface area (TPSA) is 46.5 Å². The van der Waals surface area contributed by atoms with Crippen molar-refractivity contribution in [2.24, 2.45) is 0 Å². The predicted molar refractivity (Wildman–Crippen MR) is 68.0 cm³/mol. The second-order valence-electron chi connectivity index (χ2n) is 4.35. The fraction of sp³-hybridized carbons (Fsp3) is 0.231. The molecule has 0 fully saturated rings. The van der Waals surface area contributed by atoms with E-state index in [1.165, 1.54) is 6.07 Å². The van der Waals surface area contributed by atoms with Gasteiger partial charge in [-0.2, -0.15) is 18.3 Å². The van der Waals surface area contributed by atoms with E-state index in [1.807, 2.05) is 6.92 Å². The number of benzene rings is 1. The summed E-state index contributed by atoms with van der Waals surface area (Å²) < 4.78 is 39.7. The van der Waals surface area contributed by atoms with Crippen molar-refractivity contribution in [1.29, 1.82) is 0 Å². The number of halogens is 3. The highest BCUT2D eigenvalue weighted by Crippen LogP contribution is 2.31. The fourth-order valence-electron chi connectivity index (χ4n) is 2.09. The Labute approximate surface area is 112 Å². The van der Waals surface area contributed by atoms with Crippen LogP contribution in [0.25, 0.3) is 22.6 Å². The minimum atomic E-state index is -4.36. The monoisotopic (exact) mass is 280 g/mol. The van der Waals surface area contributed by atoms with E-state index < -0.39 is 11.7 Å². The zero-order valence-electron chi connectivity index (χ0n) is 10.6. The first-order valence-corrected chi connectivity index (χ1v) is 6.08. The third kappa shape index (κ3) is 2.04. The fourth-order valence-corrected chi connectivity index (χ4v) is 2.09. The van der Waals surface area contributed by atoms with Gasteiger partial charge in [-0.25, -0.2) is 4.98 Å². The van der Waals surface area contributed by atoms with Gasteiger partial charge in [-0.1, -0.05) is 0 Å². The molecule has 0 spiro atoms. The number of hydrogen-bond donors (Lipinski definition) is 1. The summed E-state index contributed by atoms with van der Waals surface area (Å²) in [4.78, 5) is 7.22. The number of rotatable bonds is 2. The highest BCUT2D eigenvalue weighted by Gasteiger charge is 2.30. The van der Waals surface area contributed by atoms with E-state index in [1.54, 1.807) is 16.9 Å². The van der Waals surface area contributed by atoms with Gasteiger partial charge in [0, 0.05) is 12.7 Å². The lowest BCUT2D eigenvalue weighted by atomic mass is 10.2. The molecule has 2 aromatic heterocycles. The SMILES string of the molecule is CCn1nccc1-c1nc2ccc(C(F)(F)F)cc2[nH]1. The van der Waals surface area contributed by atoms with Crippen molar-refractivity contribution < 1.29 is 13.2 Å². The van der Waals surface area contributed by atoms with Crippen LogP contribution in [0.2, 0.25) is 0 Å². The summed E-state index contributed by atoms with van der Waals surface area (Å²) in [5, 5.41) is 4.11. The van der Waals surface area contributed by atoms with Crippen LogP contribution in [0.3, 0.4) is 0 Å². The third-order valence-corrected chi connectivity index (χ3v) is 3.07. The molecule has 20 heavy (non-hydrogen) atoms. The molecule has 0 amide bonds. The summed E-state index contributed by atoms with van der Waals surface area (Å²) in [5.41, 5.74) is 0.914. The number of alkyl halides is 3. The van der Waals surface area contributed by atoms with Crippen LogP contribution in [0.1, 0.15) is 12.5 Å². The van der Waals surface area contributed by atoms with Gasteiger partial charge >= 0.3 is 6.18 Å². The van der Waals surface area contributed by atoms with Crippen molar-refractivity contribution in [3.8, 4) is 11.5 Å². The average molecular weight is 280 g/mol. The van der Waals surface area contributed by atoms with Crippen LogP contribution in [0.15, 0.2) is 30.5 Å². The summed E-state index contributed by atoms with van der Waals surface area (Å²) in [6.07, 6.45) is -2.72. The molecule has 0 saturated heterocycles. The van der Waals surface area contributed by atoms with Gasteiger partial charge in [0.25, 0.3) is 0 Å². The number of aromatic nitrogens is 4. The molecule has 1 N–H and O–H groups in total. The van der Waals surface area contributed by atoms with Gasteiger partial charge in [0.1, 0.15) is 5.69 Å². The lowest BCUT2D eigenvalue weighted by molar-refractivity contribution is -0.137. The number of hydrogen-bond acceptors (Lipinski definition) is 2. The Kier molecular flexibility index (Phi) is 2.77. The predicted octanol–water partition coefficient (Wildman–Crippen LogP) is 3.47. The van der Waals surface area contributed by atoms with E-state index in [9.17, 15) is 13.2 Å². The maximum Gasteiger partial charge on any atom is 0.416 e. The Morgan fingerprint density at radius 1 is 1.25 bits per heavy atom. The third-order valence-electron chi connectivity index (χ3n) is 3.07. The molecule has 104 valence electrons. The van der Waals surface area contributed by atoms with Crippen LogP contribution in [-0.4, -0.2) is 19.7 Å². The van der Waals surface area contributed by atoms with E-state index in [0.29, 0.717) is 23.4 Å². The highest BCUT2D eigenvalue weighted by molar-refractivity contribution is 5.79. The number of aryl methyl sites for hydroxylation is 1. The van der Waals surface area contributed by atoms with Gasteiger partial charge in [0.05, 0.1) is 16.6 Å². The molecule has 0 atom stereocenters. The maximum atomic E-state index is 12.7. The van der Waals surface area contributed by atoms with Crippen LogP contribution >= 0.6 is 0 Å². The second-order valence-corrected chi connectivity index (χ2v) is 4.35. The molecular weight excluding hydrogens is 269 g/mol. The smallest absolute Gasteiger partial charge is 0.337 e. The zero-order chi connectivity index (χ0) is 14.3. The summed E-state index contributed by atoms with van der Waals surface area (Å²) in [7, 11) is 0. The maximum absolute atomic E-state index is 12.7. The van der Waals surface area contributed by atoms with Crippen molar-refractivity contribution in [2.75, 3.05) is 0 Å². The Balaban J connectivity index is 2.12.